The van der Waals surface area contributed by atoms with Crippen molar-refractivity contribution in [2.75, 3.05) is 34.8 Å². The first-order chi connectivity index (χ1) is 21.1. The van der Waals surface area contributed by atoms with E-state index < -0.39 is 23.4 Å². The largest absolute Gasteiger partial charge is 0.397 e. The fraction of sp³-hybridized carbons (Fsp3) is 0.133. The minimum absolute atomic E-state index is 0.00951. The number of nitrogens with zero attached hydrogens (tertiary/aromatic N) is 3. The lowest BCUT2D eigenvalue weighted by Crippen LogP contribution is -2.29. The number of H-pyrrole nitrogens is 1. The molecule has 0 radical (unpaired) electrons. The van der Waals surface area contributed by atoms with Crippen LogP contribution in [0, 0.1) is 25.5 Å². The standard InChI is InChI=1S/C30H27F2N9O3/c1-15-24(14-37-41-27-20-11-18(31)4-6-22(20)39-30(27)44)38-16(2)26(15)29(43)35-10-9-34-25-8-3-17(13-36-25)28(42)40-23-7-5-19(32)12-21(23)33/h3-8,11-14,38H,9-10,33H2,1-2H3,(H,34,36)(H,35,43)(H,40,42)(H,39,41,44)/b37-14+. The minimum Gasteiger partial charge on any atom is -0.397 e. The number of pyridine rings is 1. The molecule has 0 saturated heterocycles. The van der Waals surface area contributed by atoms with Gasteiger partial charge in [0, 0.05) is 30.5 Å². The first kappa shape index (κ1) is 29.6. The fourth-order valence-corrected chi connectivity index (χ4v) is 4.54. The number of fused-ring (bicyclic) bond motifs is 1. The van der Waals surface area contributed by atoms with E-state index in [2.05, 4.69) is 41.4 Å². The second kappa shape index (κ2) is 12.5. The van der Waals surface area contributed by atoms with Gasteiger partial charge in [-0.3, -0.25) is 14.4 Å². The van der Waals surface area contributed by atoms with E-state index in [4.69, 9.17) is 5.73 Å². The molecule has 0 atom stereocenters. The van der Waals surface area contributed by atoms with Crippen molar-refractivity contribution in [3.8, 4) is 0 Å². The molecule has 12 nitrogen and oxygen atoms in total. The van der Waals surface area contributed by atoms with Gasteiger partial charge in [-0.1, -0.05) is 0 Å². The van der Waals surface area contributed by atoms with Crippen LogP contribution in [0.25, 0.3) is 0 Å². The molecule has 0 saturated carbocycles. The molecule has 3 heterocycles. The van der Waals surface area contributed by atoms with E-state index in [9.17, 15) is 23.2 Å². The summed E-state index contributed by atoms with van der Waals surface area (Å²) in [5.41, 5.74) is 9.41. The molecule has 5 rings (SSSR count). The third-order valence-corrected chi connectivity index (χ3v) is 6.75. The van der Waals surface area contributed by atoms with Crippen LogP contribution in [0.4, 0.5) is 31.7 Å². The van der Waals surface area contributed by atoms with E-state index in [1.807, 2.05) is 0 Å². The second-order valence-electron chi connectivity index (χ2n) is 9.80. The zero-order valence-electron chi connectivity index (χ0n) is 23.6. The maximum absolute atomic E-state index is 13.6. The molecule has 0 fully saturated rings. The Hall–Kier alpha value is -5.92. The Bertz CT molecular complexity index is 1830. The molecule has 2 aromatic carbocycles. The molecule has 1 aliphatic heterocycles. The Labute approximate surface area is 249 Å². The first-order valence-electron chi connectivity index (χ1n) is 13.4. The third-order valence-electron chi connectivity index (χ3n) is 6.75. The van der Waals surface area contributed by atoms with Gasteiger partial charge >= 0.3 is 0 Å². The number of benzene rings is 2. The fourth-order valence-electron chi connectivity index (χ4n) is 4.54. The monoisotopic (exact) mass is 599 g/mol. The van der Waals surface area contributed by atoms with E-state index in [0.29, 0.717) is 46.1 Å². The summed E-state index contributed by atoms with van der Waals surface area (Å²) in [6.07, 6.45) is 2.77. The summed E-state index contributed by atoms with van der Waals surface area (Å²) in [5, 5.41) is 19.1. The van der Waals surface area contributed by atoms with Crippen LogP contribution in [-0.2, 0) is 4.79 Å². The van der Waals surface area contributed by atoms with Gasteiger partial charge in [0.2, 0.25) is 0 Å². The molecule has 2 aromatic heterocycles. The van der Waals surface area contributed by atoms with Crippen molar-refractivity contribution in [2.24, 2.45) is 10.2 Å². The highest BCUT2D eigenvalue weighted by Crippen LogP contribution is 2.24. The molecule has 4 aromatic rings. The van der Waals surface area contributed by atoms with Crippen LogP contribution < -0.4 is 27.0 Å². The summed E-state index contributed by atoms with van der Waals surface area (Å²) in [5.74, 6) is -1.75. The molecular weight excluding hydrogens is 572 g/mol. The van der Waals surface area contributed by atoms with E-state index in [1.165, 1.54) is 42.7 Å². The van der Waals surface area contributed by atoms with Crippen LogP contribution in [0.1, 0.15) is 43.2 Å². The maximum atomic E-state index is 13.6. The van der Waals surface area contributed by atoms with E-state index in [0.717, 1.165) is 6.07 Å². The van der Waals surface area contributed by atoms with Crippen LogP contribution in [-0.4, -0.2) is 52.7 Å². The number of aryl methyl sites for hydroxylation is 1. The number of nitrogens with two attached hydrogens (primary N) is 1. The summed E-state index contributed by atoms with van der Waals surface area (Å²) in [6, 6.07) is 10.8. The molecule has 0 spiro atoms. The quantitative estimate of drug-likeness (QED) is 0.0738. The highest BCUT2D eigenvalue weighted by molar-refractivity contribution is 6.53. The number of carbonyl (C=O) groups is 3. The number of anilines is 4. The van der Waals surface area contributed by atoms with Gasteiger partial charge < -0.3 is 32.0 Å². The lowest BCUT2D eigenvalue weighted by molar-refractivity contribution is -0.110. The Balaban J connectivity index is 1.13. The Morgan fingerprint density at radius 2 is 1.80 bits per heavy atom. The van der Waals surface area contributed by atoms with Gasteiger partial charge in [0.1, 0.15) is 17.5 Å². The smallest absolute Gasteiger partial charge is 0.276 e. The molecule has 7 N–H and O–H groups in total. The number of aromatic nitrogens is 2. The van der Waals surface area contributed by atoms with Gasteiger partial charge in [0.15, 0.2) is 5.71 Å². The Morgan fingerprint density at radius 3 is 2.55 bits per heavy atom. The molecule has 0 bridgehead atoms. The van der Waals surface area contributed by atoms with Crippen molar-refractivity contribution in [1.29, 1.82) is 0 Å². The van der Waals surface area contributed by atoms with Gasteiger partial charge in [-0.15, -0.1) is 5.10 Å². The topological polar surface area (TPSA) is 179 Å². The zero-order valence-corrected chi connectivity index (χ0v) is 23.6. The minimum atomic E-state index is -0.503. The summed E-state index contributed by atoms with van der Waals surface area (Å²) in [6.45, 7) is 4.14. The molecule has 0 unspecified atom stereocenters. The van der Waals surface area contributed by atoms with Gasteiger partial charge in [0.05, 0.1) is 40.1 Å². The number of nitrogen functional groups attached to an aromatic ring is 1. The second-order valence-corrected chi connectivity index (χ2v) is 9.80. The van der Waals surface area contributed by atoms with Gasteiger partial charge in [-0.25, -0.2) is 13.8 Å². The number of amides is 3. The van der Waals surface area contributed by atoms with Crippen LogP contribution in [0.2, 0.25) is 0 Å². The van der Waals surface area contributed by atoms with E-state index in [-0.39, 0.29) is 35.1 Å². The molecule has 0 aliphatic carbocycles. The normalized spacial score (nSPS) is 13.2. The molecule has 44 heavy (non-hydrogen) atoms. The number of nitrogens with one attached hydrogen (secondary N) is 5. The number of halogens is 2. The average molecular weight is 600 g/mol. The van der Waals surface area contributed by atoms with Crippen molar-refractivity contribution >= 4 is 52.5 Å². The van der Waals surface area contributed by atoms with Gasteiger partial charge in [-0.2, -0.15) is 5.10 Å². The zero-order chi connectivity index (χ0) is 31.4. The van der Waals surface area contributed by atoms with E-state index >= 15 is 0 Å². The summed E-state index contributed by atoms with van der Waals surface area (Å²) in [4.78, 5) is 44.9. The predicted molar refractivity (Wildman–Crippen MR) is 163 cm³/mol. The van der Waals surface area contributed by atoms with Gasteiger partial charge in [-0.05, 0) is 67.9 Å². The van der Waals surface area contributed by atoms with Crippen molar-refractivity contribution in [3.05, 3.63) is 100 Å². The van der Waals surface area contributed by atoms with Crippen molar-refractivity contribution < 1.29 is 23.2 Å². The molecule has 14 heteroatoms. The number of hydrogen-bond acceptors (Lipinski definition) is 8. The first-order valence-corrected chi connectivity index (χ1v) is 13.4. The third kappa shape index (κ3) is 6.43. The van der Waals surface area contributed by atoms with Crippen LogP contribution >= 0.6 is 0 Å². The average Bonchev–Trinajstić information content (AvgIpc) is 3.46. The molecule has 1 aliphatic rings. The number of hydrogen-bond donors (Lipinski definition) is 6. The lowest BCUT2D eigenvalue weighted by atomic mass is 10.1. The van der Waals surface area contributed by atoms with Crippen molar-refractivity contribution in [3.63, 3.8) is 0 Å². The lowest BCUT2D eigenvalue weighted by Gasteiger charge is -2.10. The highest BCUT2D eigenvalue weighted by atomic mass is 19.1. The van der Waals surface area contributed by atoms with Crippen LogP contribution in [0.3, 0.4) is 0 Å². The highest BCUT2D eigenvalue weighted by Gasteiger charge is 2.26. The van der Waals surface area contributed by atoms with Gasteiger partial charge in [0.25, 0.3) is 17.7 Å². The van der Waals surface area contributed by atoms with Crippen molar-refractivity contribution in [1.82, 2.24) is 15.3 Å². The number of rotatable bonds is 9. The predicted octanol–water partition coefficient (Wildman–Crippen LogP) is 3.76. The number of carbonyl (C=O) groups excluding carboxylic acids is 3. The van der Waals surface area contributed by atoms with Crippen molar-refractivity contribution in [2.45, 2.75) is 13.8 Å². The van der Waals surface area contributed by atoms with Crippen LogP contribution in [0.5, 0.6) is 0 Å². The SMILES string of the molecule is Cc1[nH]c(/C=N/N=C2\C(=O)Nc3ccc(F)cc32)c(C)c1C(=O)NCCNc1ccc(C(=O)Nc2ccc(F)cc2N)cn1. The Morgan fingerprint density at radius 1 is 1.02 bits per heavy atom. The molecule has 3 amide bonds. The summed E-state index contributed by atoms with van der Waals surface area (Å²) < 4.78 is 26.9. The number of aromatic amines is 1. The summed E-state index contributed by atoms with van der Waals surface area (Å²) >= 11 is 0. The van der Waals surface area contributed by atoms with E-state index in [1.54, 1.807) is 26.0 Å². The Kier molecular flexibility index (Phi) is 8.42. The molecular formula is C30H27F2N9O3. The van der Waals surface area contributed by atoms with Crippen LogP contribution in [0.15, 0.2) is 64.9 Å². The maximum Gasteiger partial charge on any atom is 0.276 e. The molecule has 224 valence electrons. The summed E-state index contributed by atoms with van der Waals surface area (Å²) in [7, 11) is 0.